The number of nitrogens with zero attached hydrogens (tertiary/aromatic N) is 2. The van der Waals surface area contributed by atoms with E-state index in [-0.39, 0.29) is 17.9 Å². The van der Waals surface area contributed by atoms with Gasteiger partial charge in [0.1, 0.15) is 0 Å². The van der Waals surface area contributed by atoms with E-state index in [0.29, 0.717) is 49.1 Å². The number of aliphatic carboxylic acids is 1. The van der Waals surface area contributed by atoms with Gasteiger partial charge in [0, 0.05) is 6.04 Å². The fourth-order valence-electron chi connectivity index (χ4n) is 2.72. The third-order valence-electron chi connectivity index (χ3n) is 3.98. The molecule has 1 amide bonds. The van der Waals surface area contributed by atoms with Crippen molar-refractivity contribution in [1.82, 2.24) is 15.5 Å². The molecule has 0 spiro atoms. The van der Waals surface area contributed by atoms with Crippen molar-refractivity contribution in [3.8, 4) is 0 Å². The lowest BCUT2D eigenvalue weighted by Gasteiger charge is -2.27. The first kappa shape index (κ1) is 15.4. The molecule has 114 valence electrons. The summed E-state index contributed by atoms with van der Waals surface area (Å²) in [6, 6.07) is 1.80. The molecule has 1 aromatic rings. The first-order chi connectivity index (χ1) is 10.0. The molecule has 0 bridgehead atoms. The van der Waals surface area contributed by atoms with E-state index in [1.165, 1.54) is 0 Å². The third kappa shape index (κ3) is 3.77. The highest BCUT2D eigenvalue weighted by Gasteiger charge is 2.27. The van der Waals surface area contributed by atoms with E-state index >= 15 is 0 Å². The normalized spacial score (nSPS) is 21.8. The van der Waals surface area contributed by atoms with Gasteiger partial charge in [-0.1, -0.05) is 6.92 Å². The van der Waals surface area contributed by atoms with Crippen molar-refractivity contribution in [2.24, 2.45) is 5.92 Å². The molecule has 1 fully saturated rings. The summed E-state index contributed by atoms with van der Waals surface area (Å²) < 4.78 is 0. The van der Waals surface area contributed by atoms with Gasteiger partial charge in [-0.2, -0.15) is 10.2 Å². The maximum absolute atomic E-state index is 12.4. The number of carboxylic acids is 1. The van der Waals surface area contributed by atoms with Crippen LogP contribution >= 0.6 is 0 Å². The van der Waals surface area contributed by atoms with Crippen LogP contribution in [0.4, 0.5) is 0 Å². The predicted octanol–water partition coefficient (Wildman–Crippen LogP) is 1.72. The minimum Gasteiger partial charge on any atom is -0.481 e. The highest BCUT2D eigenvalue weighted by atomic mass is 16.4. The summed E-state index contributed by atoms with van der Waals surface area (Å²) >= 11 is 0. The van der Waals surface area contributed by atoms with Gasteiger partial charge in [-0.3, -0.25) is 9.59 Å². The second-order valence-corrected chi connectivity index (χ2v) is 5.56. The van der Waals surface area contributed by atoms with Crippen molar-refractivity contribution < 1.29 is 14.7 Å². The van der Waals surface area contributed by atoms with Crippen LogP contribution in [0.15, 0.2) is 6.07 Å². The largest absolute Gasteiger partial charge is 0.481 e. The van der Waals surface area contributed by atoms with Gasteiger partial charge in [0.15, 0.2) is 0 Å². The van der Waals surface area contributed by atoms with Crippen LogP contribution in [0.5, 0.6) is 0 Å². The average Bonchev–Trinajstić information content (AvgIpc) is 2.47. The van der Waals surface area contributed by atoms with E-state index in [9.17, 15) is 9.59 Å². The van der Waals surface area contributed by atoms with Crippen LogP contribution in [0.2, 0.25) is 0 Å². The van der Waals surface area contributed by atoms with Gasteiger partial charge in [-0.15, -0.1) is 0 Å². The smallest absolute Gasteiger partial charge is 0.306 e. The lowest BCUT2D eigenvalue weighted by atomic mass is 9.86. The number of aryl methyl sites for hydroxylation is 2. The molecule has 1 heterocycles. The van der Waals surface area contributed by atoms with Crippen molar-refractivity contribution in [1.29, 1.82) is 0 Å². The Balaban J connectivity index is 1.99. The van der Waals surface area contributed by atoms with Gasteiger partial charge in [-0.25, -0.2) is 0 Å². The highest BCUT2D eigenvalue weighted by molar-refractivity contribution is 5.95. The number of hydrogen-bond acceptors (Lipinski definition) is 4. The average molecular weight is 291 g/mol. The molecule has 1 saturated carbocycles. The van der Waals surface area contributed by atoms with E-state index in [4.69, 9.17) is 5.11 Å². The summed E-state index contributed by atoms with van der Waals surface area (Å²) in [5.74, 6) is -1.14. The van der Waals surface area contributed by atoms with Crippen LogP contribution in [0, 0.1) is 12.8 Å². The molecule has 0 aliphatic heterocycles. The second kappa shape index (κ2) is 6.65. The Labute approximate surface area is 124 Å². The van der Waals surface area contributed by atoms with Gasteiger partial charge in [-0.05, 0) is 45.1 Å². The van der Waals surface area contributed by atoms with E-state index in [0.717, 1.165) is 0 Å². The number of carbonyl (C=O) groups is 2. The Morgan fingerprint density at radius 3 is 2.52 bits per heavy atom. The minimum absolute atomic E-state index is 0.0475. The molecule has 0 saturated heterocycles. The summed E-state index contributed by atoms with van der Waals surface area (Å²) in [5, 5.41) is 20.0. The summed E-state index contributed by atoms with van der Waals surface area (Å²) in [4.78, 5) is 23.3. The molecule has 1 aromatic heterocycles. The van der Waals surface area contributed by atoms with Crippen LogP contribution in [0.25, 0.3) is 0 Å². The van der Waals surface area contributed by atoms with Crippen LogP contribution < -0.4 is 5.32 Å². The zero-order chi connectivity index (χ0) is 15.4. The molecular formula is C15H21N3O3. The molecule has 0 aromatic carbocycles. The molecule has 1 aliphatic rings. The van der Waals surface area contributed by atoms with E-state index in [2.05, 4.69) is 15.5 Å². The minimum atomic E-state index is -0.734. The molecule has 1 aliphatic carbocycles. The van der Waals surface area contributed by atoms with Gasteiger partial charge in [0.05, 0.1) is 22.9 Å². The summed E-state index contributed by atoms with van der Waals surface area (Å²) in [6.07, 6.45) is 3.31. The van der Waals surface area contributed by atoms with E-state index in [1.54, 1.807) is 13.0 Å². The maximum Gasteiger partial charge on any atom is 0.306 e. The van der Waals surface area contributed by atoms with Crippen LogP contribution in [-0.4, -0.2) is 33.2 Å². The number of hydrogen-bond donors (Lipinski definition) is 2. The van der Waals surface area contributed by atoms with Crippen molar-refractivity contribution >= 4 is 11.9 Å². The molecule has 2 rings (SSSR count). The number of aromatic nitrogens is 2. The molecule has 6 nitrogen and oxygen atoms in total. The Kier molecular flexibility index (Phi) is 4.88. The fourth-order valence-corrected chi connectivity index (χ4v) is 2.72. The van der Waals surface area contributed by atoms with E-state index in [1.807, 2.05) is 6.92 Å². The SMILES string of the molecule is CCc1nnc(C)cc1C(=O)NC1CCC(C(=O)O)CC1. The Hall–Kier alpha value is -1.98. The monoisotopic (exact) mass is 291 g/mol. The molecule has 6 heteroatoms. The zero-order valence-electron chi connectivity index (χ0n) is 12.4. The van der Waals surface area contributed by atoms with Crippen molar-refractivity contribution in [3.63, 3.8) is 0 Å². The van der Waals surface area contributed by atoms with Gasteiger partial charge >= 0.3 is 5.97 Å². The quantitative estimate of drug-likeness (QED) is 0.881. The van der Waals surface area contributed by atoms with Gasteiger partial charge in [0.25, 0.3) is 5.91 Å². The summed E-state index contributed by atoms with van der Waals surface area (Å²) in [6.45, 7) is 3.75. The second-order valence-electron chi connectivity index (χ2n) is 5.56. The van der Waals surface area contributed by atoms with Crippen molar-refractivity contribution in [2.75, 3.05) is 0 Å². The number of carboxylic acid groups (broad SMARTS) is 1. The number of rotatable bonds is 4. The van der Waals surface area contributed by atoms with Crippen LogP contribution in [0.1, 0.15) is 54.4 Å². The van der Waals surface area contributed by atoms with Crippen molar-refractivity contribution in [2.45, 2.75) is 52.0 Å². The maximum atomic E-state index is 12.4. The molecule has 2 N–H and O–H groups in total. The van der Waals surface area contributed by atoms with Crippen LogP contribution in [0.3, 0.4) is 0 Å². The first-order valence-electron chi connectivity index (χ1n) is 7.38. The first-order valence-corrected chi connectivity index (χ1v) is 7.38. The fraction of sp³-hybridized carbons (Fsp3) is 0.600. The lowest BCUT2D eigenvalue weighted by Crippen LogP contribution is -2.39. The summed E-state index contributed by atoms with van der Waals surface area (Å²) in [5.41, 5.74) is 1.98. The highest BCUT2D eigenvalue weighted by Crippen LogP contribution is 2.24. The topological polar surface area (TPSA) is 92.2 Å². The Bertz CT molecular complexity index is 537. The number of carbonyl (C=O) groups excluding carboxylic acids is 1. The molecule has 21 heavy (non-hydrogen) atoms. The van der Waals surface area contributed by atoms with Gasteiger partial charge in [0.2, 0.25) is 0 Å². The standard InChI is InChI=1S/C15H21N3O3/c1-3-13-12(8-9(2)17-18-13)14(19)16-11-6-4-10(5-7-11)15(20)21/h8,10-11H,3-7H2,1-2H3,(H,16,19)(H,20,21). The molecule has 0 radical (unpaired) electrons. The molecule has 0 unspecified atom stereocenters. The van der Waals surface area contributed by atoms with Crippen LogP contribution in [-0.2, 0) is 11.2 Å². The Morgan fingerprint density at radius 2 is 1.95 bits per heavy atom. The predicted molar refractivity (Wildman–Crippen MR) is 77.0 cm³/mol. The number of amides is 1. The van der Waals surface area contributed by atoms with Gasteiger partial charge < -0.3 is 10.4 Å². The van der Waals surface area contributed by atoms with Crippen molar-refractivity contribution in [3.05, 3.63) is 23.0 Å². The molecular weight excluding hydrogens is 270 g/mol. The summed E-state index contributed by atoms with van der Waals surface area (Å²) in [7, 11) is 0. The third-order valence-corrected chi connectivity index (χ3v) is 3.98. The molecule has 0 atom stereocenters. The number of nitrogens with one attached hydrogen (secondary N) is 1. The van der Waals surface area contributed by atoms with E-state index < -0.39 is 5.97 Å². The Morgan fingerprint density at radius 1 is 1.29 bits per heavy atom. The zero-order valence-corrected chi connectivity index (χ0v) is 12.4. The lowest BCUT2D eigenvalue weighted by molar-refractivity contribution is -0.142.